The van der Waals surface area contributed by atoms with Crippen LogP contribution in [0.15, 0.2) is 34.2 Å². The fourth-order valence-electron chi connectivity index (χ4n) is 3.39. The summed E-state index contributed by atoms with van der Waals surface area (Å²) >= 11 is 0. The summed E-state index contributed by atoms with van der Waals surface area (Å²) in [6.45, 7) is 4.31. The molecule has 0 bridgehead atoms. The molecule has 0 aromatic heterocycles. The van der Waals surface area contributed by atoms with Crippen LogP contribution in [0.3, 0.4) is 0 Å². The predicted molar refractivity (Wildman–Crippen MR) is 106 cm³/mol. The molecule has 1 aliphatic carbocycles. The molecule has 0 heterocycles. The van der Waals surface area contributed by atoms with Crippen LogP contribution in [0.2, 0.25) is 0 Å². The largest absolute Gasteiger partial charge is 0.492 e. The molecule has 0 saturated heterocycles. The predicted octanol–water partition coefficient (Wildman–Crippen LogP) is 2.60. The Balaban J connectivity index is 1.72. The highest BCUT2D eigenvalue weighted by Gasteiger charge is 2.31. The van der Waals surface area contributed by atoms with E-state index in [1.54, 1.807) is 31.3 Å². The lowest BCUT2D eigenvalue weighted by Gasteiger charge is -2.28. The van der Waals surface area contributed by atoms with Crippen LogP contribution in [0.25, 0.3) is 0 Å². The van der Waals surface area contributed by atoms with Crippen LogP contribution in [0, 0.1) is 5.41 Å². The van der Waals surface area contributed by atoms with Crippen molar-refractivity contribution in [2.75, 3.05) is 33.0 Å². The highest BCUT2D eigenvalue weighted by Crippen LogP contribution is 2.40. The maximum Gasteiger partial charge on any atom is 0.191 e. The zero-order valence-corrected chi connectivity index (χ0v) is 16.9. The number of aliphatic imine (C=N–C) groups is 1. The highest BCUT2D eigenvalue weighted by atomic mass is 32.2. The lowest BCUT2D eigenvalue weighted by Crippen LogP contribution is -2.44. The Kier molecular flexibility index (Phi) is 7.32. The molecule has 1 fully saturated rings. The Bertz CT molecular complexity index is 693. The minimum absolute atomic E-state index is 0.296. The standard InChI is InChI=1S/C19H31N3O3S/c1-4-19(11-5-6-12-19)15-22-18(20-2)21-13-14-25-16-7-9-17(10-8-16)26(3,23)24/h7-10H,4-6,11-15H2,1-3H3,(H2,20,21,22). The second-order valence-electron chi connectivity index (χ2n) is 7.01. The average Bonchev–Trinajstić information content (AvgIpc) is 3.10. The van der Waals surface area contributed by atoms with Crippen molar-refractivity contribution in [2.24, 2.45) is 10.4 Å². The maximum absolute atomic E-state index is 11.4. The molecule has 0 amide bonds. The quantitative estimate of drug-likeness (QED) is 0.411. The third-order valence-corrected chi connectivity index (χ3v) is 6.31. The van der Waals surface area contributed by atoms with Gasteiger partial charge in [-0.3, -0.25) is 4.99 Å². The fraction of sp³-hybridized carbons (Fsp3) is 0.632. The van der Waals surface area contributed by atoms with Crippen molar-refractivity contribution in [3.63, 3.8) is 0 Å². The summed E-state index contributed by atoms with van der Waals surface area (Å²) in [5, 5.41) is 6.70. The Hall–Kier alpha value is -1.76. The SMILES string of the molecule is CCC1(CNC(=NC)NCCOc2ccc(S(C)(=O)=O)cc2)CCCC1. The molecule has 0 atom stereocenters. The van der Waals surface area contributed by atoms with E-state index in [1.807, 2.05) is 0 Å². The smallest absolute Gasteiger partial charge is 0.191 e. The van der Waals surface area contributed by atoms with Gasteiger partial charge in [0.25, 0.3) is 0 Å². The molecule has 146 valence electrons. The van der Waals surface area contributed by atoms with Crippen molar-refractivity contribution in [2.45, 2.75) is 43.9 Å². The molecule has 26 heavy (non-hydrogen) atoms. The van der Waals surface area contributed by atoms with E-state index in [4.69, 9.17) is 4.74 Å². The van der Waals surface area contributed by atoms with Gasteiger partial charge in [0.15, 0.2) is 15.8 Å². The summed E-state index contributed by atoms with van der Waals surface area (Å²) in [7, 11) is -1.40. The average molecular weight is 382 g/mol. The molecule has 2 rings (SSSR count). The van der Waals surface area contributed by atoms with Crippen LogP contribution in [0.1, 0.15) is 39.0 Å². The molecule has 0 radical (unpaired) electrons. The first-order valence-corrected chi connectivity index (χ1v) is 11.2. The normalized spacial score (nSPS) is 17.1. The van der Waals surface area contributed by atoms with Crippen molar-refractivity contribution in [3.8, 4) is 5.75 Å². The molecule has 1 aromatic carbocycles. The van der Waals surface area contributed by atoms with Crippen molar-refractivity contribution in [1.82, 2.24) is 10.6 Å². The first-order chi connectivity index (χ1) is 12.4. The monoisotopic (exact) mass is 381 g/mol. The van der Waals surface area contributed by atoms with Crippen molar-refractivity contribution in [1.29, 1.82) is 0 Å². The zero-order valence-electron chi connectivity index (χ0n) is 16.0. The van der Waals surface area contributed by atoms with Crippen LogP contribution >= 0.6 is 0 Å². The van der Waals surface area contributed by atoms with Crippen molar-refractivity contribution < 1.29 is 13.2 Å². The topological polar surface area (TPSA) is 79.8 Å². The lowest BCUT2D eigenvalue weighted by molar-refractivity contribution is 0.282. The molecule has 1 saturated carbocycles. The van der Waals surface area contributed by atoms with Crippen LogP contribution < -0.4 is 15.4 Å². The molecule has 6 nitrogen and oxygen atoms in total. The van der Waals surface area contributed by atoms with Crippen molar-refractivity contribution >= 4 is 15.8 Å². The van der Waals surface area contributed by atoms with E-state index in [-0.39, 0.29) is 0 Å². The first kappa shape index (κ1) is 20.6. The Morgan fingerprint density at radius 3 is 2.38 bits per heavy atom. The van der Waals surface area contributed by atoms with Gasteiger partial charge in [0.2, 0.25) is 0 Å². The molecule has 7 heteroatoms. The van der Waals surface area contributed by atoms with Gasteiger partial charge in [0, 0.05) is 19.8 Å². The number of hydrogen-bond donors (Lipinski definition) is 2. The molecule has 2 N–H and O–H groups in total. The van der Waals surface area contributed by atoms with Crippen LogP contribution in [0.5, 0.6) is 5.75 Å². The zero-order chi connectivity index (χ0) is 19.0. The summed E-state index contributed by atoms with van der Waals surface area (Å²) < 4.78 is 28.5. The minimum atomic E-state index is -3.17. The first-order valence-electron chi connectivity index (χ1n) is 9.26. The van der Waals surface area contributed by atoms with Gasteiger partial charge in [-0.1, -0.05) is 19.8 Å². The molecule has 0 unspecified atom stereocenters. The van der Waals surface area contributed by atoms with Gasteiger partial charge in [-0.05, 0) is 48.9 Å². The third kappa shape index (κ3) is 5.90. The molecule has 0 aliphatic heterocycles. The summed E-state index contributed by atoms with van der Waals surface area (Å²) in [4.78, 5) is 4.57. The highest BCUT2D eigenvalue weighted by molar-refractivity contribution is 7.90. The van der Waals surface area contributed by atoms with Gasteiger partial charge >= 0.3 is 0 Å². The van der Waals surface area contributed by atoms with Crippen LogP contribution in [-0.2, 0) is 9.84 Å². The number of hydrogen-bond acceptors (Lipinski definition) is 4. The lowest BCUT2D eigenvalue weighted by atomic mass is 9.83. The van der Waals surface area contributed by atoms with Gasteiger partial charge in [0.1, 0.15) is 12.4 Å². The number of nitrogens with one attached hydrogen (secondary N) is 2. The van der Waals surface area contributed by atoms with Gasteiger partial charge in [0.05, 0.1) is 11.4 Å². The molecule has 1 aromatic rings. The minimum Gasteiger partial charge on any atom is -0.492 e. The van der Waals surface area contributed by atoms with E-state index in [0.29, 0.717) is 29.2 Å². The molecule has 0 spiro atoms. The fourth-order valence-corrected chi connectivity index (χ4v) is 4.02. The summed E-state index contributed by atoms with van der Waals surface area (Å²) in [6, 6.07) is 6.47. The van der Waals surface area contributed by atoms with E-state index in [0.717, 1.165) is 12.5 Å². The van der Waals surface area contributed by atoms with Crippen molar-refractivity contribution in [3.05, 3.63) is 24.3 Å². The van der Waals surface area contributed by atoms with E-state index in [2.05, 4.69) is 22.5 Å². The second kappa shape index (κ2) is 9.26. The second-order valence-corrected chi connectivity index (χ2v) is 9.02. The van der Waals surface area contributed by atoms with E-state index in [1.165, 1.54) is 38.4 Å². The number of nitrogens with zero attached hydrogens (tertiary/aromatic N) is 1. The summed E-state index contributed by atoms with van der Waals surface area (Å²) in [5.74, 6) is 1.44. The Morgan fingerprint density at radius 1 is 1.19 bits per heavy atom. The summed E-state index contributed by atoms with van der Waals surface area (Å²) in [6.07, 6.45) is 7.63. The molecule has 1 aliphatic rings. The van der Waals surface area contributed by atoms with E-state index in [9.17, 15) is 8.42 Å². The Morgan fingerprint density at radius 2 is 1.85 bits per heavy atom. The van der Waals surface area contributed by atoms with E-state index < -0.39 is 9.84 Å². The molecular weight excluding hydrogens is 350 g/mol. The third-order valence-electron chi connectivity index (χ3n) is 5.18. The number of sulfone groups is 1. The molecular formula is C19H31N3O3S. The van der Waals surface area contributed by atoms with Gasteiger partial charge in [-0.25, -0.2) is 8.42 Å². The van der Waals surface area contributed by atoms with Gasteiger partial charge in [-0.15, -0.1) is 0 Å². The number of benzene rings is 1. The van der Waals surface area contributed by atoms with E-state index >= 15 is 0 Å². The maximum atomic E-state index is 11.4. The van der Waals surface area contributed by atoms with Gasteiger partial charge < -0.3 is 15.4 Å². The van der Waals surface area contributed by atoms with Crippen LogP contribution in [0.4, 0.5) is 0 Å². The number of guanidine groups is 1. The van der Waals surface area contributed by atoms with Gasteiger partial charge in [-0.2, -0.15) is 0 Å². The van der Waals surface area contributed by atoms with Crippen LogP contribution in [-0.4, -0.2) is 47.4 Å². The summed E-state index contributed by atoms with van der Waals surface area (Å²) in [5.41, 5.74) is 0.412. The number of ether oxygens (including phenoxy) is 1. The Labute approximate surface area is 157 Å². The number of rotatable bonds is 8.